The lowest BCUT2D eigenvalue weighted by molar-refractivity contribution is -0.154. The standard InChI is InChI=1S/C19H20N2O2/c1-19-8-6-12(22)10-17(19)21-9-7-14-13-4-2-3-5-15(13)20-18(14)16(21)11-23-19/h2-6,8,16-17,20H,7,9-11H2,1H3/t16-,17-,19+/m1/s1. The van der Waals surface area contributed by atoms with E-state index in [4.69, 9.17) is 4.74 Å². The average molecular weight is 308 g/mol. The van der Waals surface area contributed by atoms with Crippen LogP contribution in [0.3, 0.4) is 0 Å². The number of hydrogen-bond acceptors (Lipinski definition) is 3. The van der Waals surface area contributed by atoms with E-state index in [-0.39, 0.29) is 23.5 Å². The second kappa shape index (κ2) is 4.56. The van der Waals surface area contributed by atoms with Gasteiger partial charge >= 0.3 is 0 Å². The van der Waals surface area contributed by atoms with Gasteiger partial charge in [-0.15, -0.1) is 0 Å². The molecule has 3 atom stereocenters. The SMILES string of the molecule is C[C@]12C=CC(=O)C[C@H]1N1CCc3c([nH]c4ccccc34)[C@H]1CO2. The number of benzene rings is 1. The molecule has 1 aromatic carbocycles. The van der Waals surface area contributed by atoms with E-state index in [2.05, 4.69) is 41.1 Å². The van der Waals surface area contributed by atoms with Crippen molar-refractivity contribution in [3.05, 3.63) is 47.7 Å². The zero-order valence-corrected chi connectivity index (χ0v) is 13.2. The number of aromatic nitrogens is 1. The molecule has 4 heteroatoms. The first-order valence-corrected chi connectivity index (χ1v) is 8.37. The average Bonchev–Trinajstić information content (AvgIpc) is 2.94. The maximum absolute atomic E-state index is 11.9. The summed E-state index contributed by atoms with van der Waals surface area (Å²) < 4.78 is 6.24. The summed E-state index contributed by atoms with van der Waals surface area (Å²) in [6.45, 7) is 3.77. The highest BCUT2D eigenvalue weighted by Crippen LogP contribution is 2.44. The van der Waals surface area contributed by atoms with Crippen LogP contribution in [0, 0.1) is 0 Å². The molecular weight excluding hydrogens is 288 g/mol. The Balaban J connectivity index is 1.60. The van der Waals surface area contributed by atoms with Gasteiger partial charge in [-0.1, -0.05) is 18.2 Å². The maximum atomic E-state index is 11.9. The number of morpholine rings is 1. The van der Waals surface area contributed by atoms with E-state index in [0.29, 0.717) is 13.0 Å². The summed E-state index contributed by atoms with van der Waals surface area (Å²) in [5, 5.41) is 1.33. The van der Waals surface area contributed by atoms with Crippen LogP contribution in [0.5, 0.6) is 0 Å². The van der Waals surface area contributed by atoms with Crippen LogP contribution in [0.15, 0.2) is 36.4 Å². The van der Waals surface area contributed by atoms with Gasteiger partial charge in [-0.2, -0.15) is 0 Å². The van der Waals surface area contributed by atoms with Crippen molar-refractivity contribution in [1.82, 2.24) is 9.88 Å². The van der Waals surface area contributed by atoms with Gasteiger partial charge in [-0.05, 0) is 37.1 Å². The quantitative estimate of drug-likeness (QED) is 0.814. The van der Waals surface area contributed by atoms with Crippen molar-refractivity contribution in [3.8, 4) is 0 Å². The van der Waals surface area contributed by atoms with Gasteiger partial charge in [-0.25, -0.2) is 0 Å². The molecule has 23 heavy (non-hydrogen) atoms. The second-order valence-electron chi connectivity index (χ2n) is 7.08. The van der Waals surface area contributed by atoms with Crippen LogP contribution in [0.25, 0.3) is 10.9 Å². The van der Waals surface area contributed by atoms with Crippen LogP contribution in [-0.2, 0) is 16.0 Å². The van der Waals surface area contributed by atoms with Gasteiger partial charge < -0.3 is 9.72 Å². The fourth-order valence-electron chi connectivity index (χ4n) is 4.57. The predicted octanol–water partition coefficient (Wildman–Crippen LogP) is 2.75. The molecule has 0 saturated carbocycles. The normalized spacial score (nSPS) is 33.3. The van der Waals surface area contributed by atoms with Crippen molar-refractivity contribution in [1.29, 1.82) is 0 Å². The number of H-pyrrole nitrogens is 1. The Morgan fingerprint density at radius 2 is 2.22 bits per heavy atom. The molecule has 1 aromatic heterocycles. The van der Waals surface area contributed by atoms with Crippen molar-refractivity contribution < 1.29 is 9.53 Å². The number of hydrogen-bond donors (Lipinski definition) is 1. The number of fused-ring (bicyclic) bond motifs is 7. The lowest BCUT2D eigenvalue weighted by Gasteiger charge is -2.53. The first kappa shape index (κ1) is 13.5. The Morgan fingerprint density at radius 1 is 1.35 bits per heavy atom. The molecular formula is C19H20N2O2. The summed E-state index contributed by atoms with van der Waals surface area (Å²) in [6.07, 6.45) is 5.23. The second-order valence-corrected chi connectivity index (χ2v) is 7.08. The zero-order chi connectivity index (χ0) is 15.6. The van der Waals surface area contributed by atoms with Gasteiger partial charge in [0, 0.05) is 35.6 Å². The Kier molecular flexibility index (Phi) is 2.68. The van der Waals surface area contributed by atoms with Crippen LogP contribution in [0.2, 0.25) is 0 Å². The smallest absolute Gasteiger partial charge is 0.157 e. The van der Waals surface area contributed by atoms with Crippen molar-refractivity contribution in [2.75, 3.05) is 13.2 Å². The number of nitrogens with one attached hydrogen (secondary N) is 1. The largest absolute Gasteiger partial charge is 0.367 e. The number of allylic oxidation sites excluding steroid dienone is 1. The first-order chi connectivity index (χ1) is 11.2. The highest BCUT2D eigenvalue weighted by molar-refractivity contribution is 5.91. The Bertz CT molecular complexity index is 837. The molecule has 118 valence electrons. The molecule has 0 radical (unpaired) electrons. The van der Waals surface area contributed by atoms with Gasteiger partial charge in [-0.3, -0.25) is 9.69 Å². The molecule has 1 fully saturated rings. The van der Waals surface area contributed by atoms with E-state index in [9.17, 15) is 4.79 Å². The van der Waals surface area contributed by atoms with Crippen LogP contribution in [-0.4, -0.2) is 40.5 Å². The Labute approximate surface area is 135 Å². The number of aromatic amines is 1. The van der Waals surface area contributed by atoms with Crippen molar-refractivity contribution >= 4 is 16.7 Å². The van der Waals surface area contributed by atoms with Gasteiger partial charge in [0.15, 0.2) is 5.78 Å². The van der Waals surface area contributed by atoms with E-state index < -0.39 is 0 Å². The number of nitrogens with zero attached hydrogens (tertiary/aromatic N) is 1. The van der Waals surface area contributed by atoms with E-state index in [1.165, 1.54) is 22.2 Å². The van der Waals surface area contributed by atoms with Gasteiger partial charge in [0.1, 0.15) is 0 Å². The molecule has 0 bridgehead atoms. The third-order valence-electron chi connectivity index (χ3n) is 5.81. The Hall–Kier alpha value is -1.91. The molecule has 2 aliphatic heterocycles. The van der Waals surface area contributed by atoms with Crippen molar-refractivity contribution in [2.24, 2.45) is 0 Å². The van der Waals surface area contributed by atoms with Crippen molar-refractivity contribution in [3.63, 3.8) is 0 Å². The van der Waals surface area contributed by atoms with E-state index in [1.54, 1.807) is 6.08 Å². The van der Waals surface area contributed by atoms with Crippen molar-refractivity contribution in [2.45, 2.75) is 37.5 Å². The molecule has 5 rings (SSSR count). The lowest BCUT2D eigenvalue weighted by atomic mass is 9.81. The predicted molar refractivity (Wildman–Crippen MR) is 88.4 cm³/mol. The van der Waals surface area contributed by atoms with E-state index in [1.807, 2.05) is 6.08 Å². The number of carbonyl (C=O) groups is 1. The highest BCUT2D eigenvalue weighted by Gasteiger charge is 2.49. The molecule has 3 aliphatic rings. The molecule has 3 heterocycles. The monoisotopic (exact) mass is 308 g/mol. The topological polar surface area (TPSA) is 45.3 Å². The molecule has 1 N–H and O–H groups in total. The summed E-state index contributed by atoms with van der Waals surface area (Å²) in [4.78, 5) is 18.0. The number of ketones is 1. The third-order valence-corrected chi connectivity index (χ3v) is 5.81. The number of ether oxygens (including phenoxy) is 1. The van der Waals surface area contributed by atoms with E-state index in [0.717, 1.165) is 13.0 Å². The lowest BCUT2D eigenvalue weighted by Crippen LogP contribution is -2.61. The molecule has 0 unspecified atom stereocenters. The zero-order valence-electron chi connectivity index (χ0n) is 13.2. The summed E-state index contributed by atoms with van der Waals surface area (Å²) in [5.41, 5.74) is 3.56. The Morgan fingerprint density at radius 3 is 3.13 bits per heavy atom. The molecule has 1 aliphatic carbocycles. The fourth-order valence-corrected chi connectivity index (χ4v) is 4.57. The van der Waals surface area contributed by atoms with Crippen LogP contribution in [0.4, 0.5) is 0 Å². The number of para-hydroxylation sites is 1. The summed E-state index contributed by atoms with van der Waals surface area (Å²) >= 11 is 0. The van der Waals surface area contributed by atoms with Gasteiger partial charge in [0.25, 0.3) is 0 Å². The fraction of sp³-hybridized carbons (Fsp3) is 0.421. The summed E-state index contributed by atoms with van der Waals surface area (Å²) in [6, 6.07) is 8.87. The first-order valence-electron chi connectivity index (χ1n) is 8.37. The minimum absolute atomic E-state index is 0.137. The van der Waals surface area contributed by atoms with Crippen LogP contribution in [0.1, 0.15) is 30.6 Å². The van der Waals surface area contributed by atoms with Gasteiger partial charge in [0.2, 0.25) is 0 Å². The number of rotatable bonds is 0. The molecule has 2 aromatic rings. The summed E-state index contributed by atoms with van der Waals surface area (Å²) in [7, 11) is 0. The van der Waals surface area contributed by atoms with Gasteiger partial charge in [0.05, 0.1) is 18.2 Å². The van der Waals surface area contributed by atoms with E-state index >= 15 is 0 Å². The maximum Gasteiger partial charge on any atom is 0.157 e. The summed E-state index contributed by atoms with van der Waals surface area (Å²) in [5.74, 6) is 0.208. The molecule has 4 nitrogen and oxygen atoms in total. The molecule has 1 saturated heterocycles. The molecule has 0 amide bonds. The highest BCUT2D eigenvalue weighted by atomic mass is 16.5. The van der Waals surface area contributed by atoms with Crippen LogP contribution >= 0.6 is 0 Å². The minimum atomic E-state index is -0.339. The van der Waals surface area contributed by atoms with Crippen LogP contribution < -0.4 is 0 Å². The minimum Gasteiger partial charge on any atom is -0.367 e. The molecule has 0 spiro atoms. The third kappa shape index (κ3) is 1.82. The number of carbonyl (C=O) groups excluding carboxylic acids is 1.